The summed E-state index contributed by atoms with van der Waals surface area (Å²) in [5.74, 6) is -0.570. The molecule has 0 saturated heterocycles. The Morgan fingerprint density at radius 2 is 2.13 bits per heavy atom. The first-order chi connectivity index (χ1) is 14.2. The Balaban J connectivity index is 1.79. The SMILES string of the molecule is Cc1nn(C)cc1C(=O)NC(=NCC(C)C)Nc1cc(-c2ccc(O)c(F)c2)[nH]n1. The van der Waals surface area contributed by atoms with E-state index in [2.05, 4.69) is 30.9 Å². The van der Waals surface area contributed by atoms with E-state index in [1.807, 2.05) is 13.8 Å². The van der Waals surface area contributed by atoms with Crippen LogP contribution < -0.4 is 10.6 Å². The molecule has 0 radical (unpaired) electrons. The van der Waals surface area contributed by atoms with Gasteiger partial charge in [0.2, 0.25) is 5.96 Å². The second-order valence-corrected chi connectivity index (χ2v) is 7.30. The number of carbonyl (C=O) groups excluding carboxylic acids is 1. The molecule has 30 heavy (non-hydrogen) atoms. The molecule has 2 aromatic heterocycles. The first-order valence-electron chi connectivity index (χ1n) is 9.40. The minimum absolute atomic E-state index is 0.242. The van der Waals surface area contributed by atoms with Crippen molar-refractivity contribution in [3.63, 3.8) is 0 Å². The van der Waals surface area contributed by atoms with Gasteiger partial charge in [-0.15, -0.1) is 0 Å². The molecule has 4 N–H and O–H groups in total. The lowest BCUT2D eigenvalue weighted by Gasteiger charge is -2.10. The molecule has 3 aromatic rings. The molecule has 0 fully saturated rings. The molecule has 0 aliphatic carbocycles. The fraction of sp³-hybridized carbons (Fsp3) is 0.300. The number of phenolic OH excluding ortho intramolecular Hbond substituents is 1. The van der Waals surface area contributed by atoms with Crippen LogP contribution >= 0.6 is 0 Å². The van der Waals surface area contributed by atoms with Crippen LogP contribution in [0.2, 0.25) is 0 Å². The Morgan fingerprint density at radius 3 is 2.77 bits per heavy atom. The van der Waals surface area contributed by atoms with Gasteiger partial charge in [-0.25, -0.2) is 4.39 Å². The topological polar surface area (TPSA) is 120 Å². The number of aryl methyl sites for hydroxylation is 2. The summed E-state index contributed by atoms with van der Waals surface area (Å²) in [4.78, 5) is 17.1. The number of aromatic nitrogens is 4. The van der Waals surface area contributed by atoms with Crippen molar-refractivity contribution >= 4 is 17.7 Å². The fourth-order valence-corrected chi connectivity index (χ4v) is 2.71. The number of H-pyrrole nitrogens is 1. The maximum absolute atomic E-state index is 13.6. The van der Waals surface area contributed by atoms with Crippen LogP contribution in [0.3, 0.4) is 0 Å². The molecule has 0 bridgehead atoms. The van der Waals surface area contributed by atoms with Gasteiger partial charge in [-0.3, -0.25) is 24.9 Å². The largest absolute Gasteiger partial charge is 0.505 e. The zero-order valence-electron chi connectivity index (χ0n) is 17.2. The minimum Gasteiger partial charge on any atom is -0.505 e. The van der Waals surface area contributed by atoms with E-state index in [0.717, 1.165) is 0 Å². The number of aromatic hydroxyl groups is 1. The van der Waals surface area contributed by atoms with Crippen LogP contribution in [-0.4, -0.2) is 43.5 Å². The quantitative estimate of drug-likeness (QED) is 0.379. The Bertz CT molecular complexity index is 1080. The summed E-state index contributed by atoms with van der Waals surface area (Å²) in [6.07, 6.45) is 1.64. The second kappa shape index (κ2) is 8.76. The summed E-state index contributed by atoms with van der Waals surface area (Å²) in [6, 6.07) is 5.69. The molecule has 0 aliphatic heterocycles. The number of rotatable bonds is 5. The monoisotopic (exact) mass is 413 g/mol. The number of amides is 1. The molecule has 158 valence electrons. The normalized spacial score (nSPS) is 11.7. The van der Waals surface area contributed by atoms with Gasteiger partial charge < -0.3 is 10.4 Å². The Hall–Kier alpha value is -3.69. The molecule has 0 saturated carbocycles. The van der Waals surface area contributed by atoms with E-state index < -0.39 is 11.6 Å². The summed E-state index contributed by atoms with van der Waals surface area (Å²) in [5, 5.41) is 26.2. The van der Waals surface area contributed by atoms with Crippen molar-refractivity contribution in [1.82, 2.24) is 25.3 Å². The van der Waals surface area contributed by atoms with Gasteiger partial charge >= 0.3 is 0 Å². The number of phenols is 1. The molecule has 0 spiro atoms. The van der Waals surface area contributed by atoms with Crippen LogP contribution in [0.25, 0.3) is 11.3 Å². The molecular formula is C20H24FN7O2. The molecule has 1 amide bonds. The predicted octanol–water partition coefficient (Wildman–Crippen LogP) is 2.82. The highest BCUT2D eigenvalue weighted by Crippen LogP contribution is 2.24. The minimum atomic E-state index is -0.727. The number of aliphatic imine (C=N–C) groups is 1. The lowest BCUT2D eigenvalue weighted by Crippen LogP contribution is -2.36. The average molecular weight is 413 g/mol. The Morgan fingerprint density at radius 1 is 1.37 bits per heavy atom. The summed E-state index contributed by atoms with van der Waals surface area (Å²) in [5.41, 5.74) is 2.10. The number of nitrogens with one attached hydrogen (secondary N) is 3. The third-order valence-electron chi connectivity index (χ3n) is 4.19. The number of halogens is 1. The predicted molar refractivity (Wildman–Crippen MR) is 112 cm³/mol. The van der Waals surface area contributed by atoms with Crippen molar-refractivity contribution in [3.05, 3.63) is 47.5 Å². The van der Waals surface area contributed by atoms with E-state index in [-0.39, 0.29) is 17.8 Å². The van der Waals surface area contributed by atoms with E-state index in [4.69, 9.17) is 0 Å². The highest BCUT2D eigenvalue weighted by Gasteiger charge is 2.16. The van der Waals surface area contributed by atoms with E-state index in [0.29, 0.717) is 34.9 Å². The average Bonchev–Trinajstić information content (AvgIpc) is 3.27. The van der Waals surface area contributed by atoms with Crippen LogP contribution in [0.15, 0.2) is 35.5 Å². The van der Waals surface area contributed by atoms with E-state index >= 15 is 0 Å². The number of guanidine groups is 1. The molecular weight excluding hydrogens is 389 g/mol. The molecule has 0 aliphatic rings. The third-order valence-corrected chi connectivity index (χ3v) is 4.19. The van der Waals surface area contributed by atoms with Gasteiger partial charge in [0.15, 0.2) is 17.4 Å². The fourth-order valence-electron chi connectivity index (χ4n) is 2.71. The van der Waals surface area contributed by atoms with Gasteiger partial charge in [-0.1, -0.05) is 13.8 Å². The lowest BCUT2D eigenvalue weighted by molar-refractivity contribution is 0.0976. The first-order valence-corrected chi connectivity index (χ1v) is 9.40. The van der Waals surface area contributed by atoms with Gasteiger partial charge in [-0.05, 0) is 31.0 Å². The number of carbonyl (C=O) groups is 1. The van der Waals surface area contributed by atoms with Gasteiger partial charge in [0.1, 0.15) is 0 Å². The van der Waals surface area contributed by atoms with Crippen molar-refractivity contribution < 1.29 is 14.3 Å². The van der Waals surface area contributed by atoms with E-state index in [9.17, 15) is 14.3 Å². The molecule has 10 heteroatoms. The Labute approximate surface area is 173 Å². The highest BCUT2D eigenvalue weighted by molar-refractivity contribution is 6.10. The summed E-state index contributed by atoms with van der Waals surface area (Å²) in [7, 11) is 1.74. The van der Waals surface area contributed by atoms with Crippen molar-refractivity contribution in [2.24, 2.45) is 18.0 Å². The maximum Gasteiger partial charge on any atom is 0.261 e. The van der Waals surface area contributed by atoms with Gasteiger partial charge in [-0.2, -0.15) is 10.2 Å². The van der Waals surface area contributed by atoms with Gasteiger partial charge in [0, 0.05) is 31.4 Å². The second-order valence-electron chi connectivity index (χ2n) is 7.30. The number of anilines is 1. The first kappa shape index (κ1) is 21.0. The zero-order valence-corrected chi connectivity index (χ0v) is 17.2. The van der Waals surface area contributed by atoms with Crippen LogP contribution in [0.4, 0.5) is 10.2 Å². The zero-order chi connectivity index (χ0) is 21.8. The molecule has 2 heterocycles. The van der Waals surface area contributed by atoms with Crippen LogP contribution in [0.5, 0.6) is 5.75 Å². The van der Waals surface area contributed by atoms with Crippen LogP contribution in [0, 0.1) is 18.7 Å². The molecule has 0 unspecified atom stereocenters. The van der Waals surface area contributed by atoms with E-state index in [1.165, 1.54) is 12.1 Å². The number of nitrogens with zero attached hydrogens (tertiary/aromatic N) is 4. The van der Waals surface area contributed by atoms with Gasteiger partial charge in [0.25, 0.3) is 5.91 Å². The Kier molecular flexibility index (Phi) is 6.14. The highest BCUT2D eigenvalue weighted by atomic mass is 19.1. The number of benzene rings is 1. The van der Waals surface area contributed by atoms with Crippen LogP contribution in [-0.2, 0) is 7.05 Å². The molecule has 0 atom stereocenters. The smallest absolute Gasteiger partial charge is 0.261 e. The van der Waals surface area contributed by atoms with Crippen LogP contribution in [0.1, 0.15) is 29.9 Å². The molecule has 3 rings (SSSR count). The summed E-state index contributed by atoms with van der Waals surface area (Å²) in [6.45, 7) is 6.28. The maximum atomic E-state index is 13.6. The molecule has 9 nitrogen and oxygen atoms in total. The van der Waals surface area contributed by atoms with E-state index in [1.54, 1.807) is 37.0 Å². The van der Waals surface area contributed by atoms with Crippen molar-refractivity contribution in [2.45, 2.75) is 20.8 Å². The standard InChI is InChI=1S/C20H24FN7O2/c1-11(2)9-22-20(24-19(30)14-10-28(4)27-12(14)3)23-18-8-16(25-26-18)13-5-6-17(29)15(21)7-13/h5-8,10-11,29H,9H2,1-4H3,(H3,22,23,24,25,26,30). The summed E-state index contributed by atoms with van der Waals surface area (Å²) >= 11 is 0. The number of aromatic amines is 1. The third kappa shape index (κ3) is 5.02. The lowest BCUT2D eigenvalue weighted by atomic mass is 10.1. The number of hydrogen-bond donors (Lipinski definition) is 4. The van der Waals surface area contributed by atoms with Gasteiger partial charge in [0.05, 0.1) is 17.0 Å². The molecule has 1 aromatic carbocycles. The van der Waals surface area contributed by atoms with Crippen molar-refractivity contribution in [2.75, 3.05) is 11.9 Å². The summed E-state index contributed by atoms with van der Waals surface area (Å²) < 4.78 is 15.2. The van der Waals surface area contributed by atoms with Crippen molar-refractivity contribution in [3.8, 4) is 17.0 Å². The van der Waals surface area contributed by atoms with Crippen molar-refractivity contribution in [1.29, 1.82) is 0 Å². The number of hydrogen-bond acceptors (Lipinski definition) is 5.